The number of esters is 1. The Balaban J connectivity index is 1.65. The average Bonchev–Trinajstić information content (AvgIpc) is 3.07. The quantitative estimate of drug-likeness (QED) is 0.604. The lowest BCUT2D eigenvalue weighted by atomic mass is 9.91. The maximum absolute atomic E-state index is 12.0. The molecule has 0 spiro atoms. The normalized spacial score (nSPS) is 13.5. The number of carbonyl (C=O) groups is 2. The second-order valence-corrected chi connectivity index (χ2v) is 7.48. The van der Waals surface area contributed by atoms with E-state index >= 15 is 0 Å². The van der Waals surface area contributed by atoms with Gasteiger partial charge in [-0.15, -0.1) is 0 Å². The van der Waals surface area contributed by atoms with Crippen LogP contribution in [0.5, 0.6) is 5.75 Å². The fourth-order valence-electron chi connectivity index (χ4n) is 2.90. The molecule has 2 aromatic rings. The third-order valence-electron chi connectivity index (χ3n) is 4.50. The number of carbonyl (C=O) groups excluding carboxylic acids is 2. The van der Waals surface area contributed by atoms with E-state index in [-0.39, 0.29) is 24.6 Å². The number of hydrogen-bond acceptors (Lipinski definition) is 6. The predicted molar refractivity (Wildman–Crippen MR) is 95.4 cm³/mol. The lowest BCUT2D eigenvalue weighted by Gasteiger charge is -2.16. The van der Waals surface area contributed by atoms with Gasteiger partial charge in [0.25, 0.3) is 0 Å². The van der Waals surface area contributed by atoms with Crippen molar-refractivity contribution in [3.05, 3.63) is 39.7 Å². The molecule has 138 valence electrons. The first-order valence-electron chi connectivity index (χ1n) is 8.66. The monoisotopic (exact) mass is 358 g/mol. The summed E-state index contributed by atoms with van der Waals surface area (Å²) in [5.74, 6) is -0.386. The number of Topliss-reactive ketones (excluding diaryl/α,β-unsaturated/α-hetero) is 1. The molecule has 26 heavy (non-hydrogen) atoms. The van der Waals surface area contributed by atoms with Crippen LogP contribution in [0, 0.1) is 5.41 Å². The fourth-order valence-corrected chi connectivity index (χ4v) is 2.90. The second kappa shape index (κ2) is 6.94. The first-order chi connectivity index (χ1) is 12.3. The molecule has 1 heterocycles. The standard InChI is InChI=1S/C20H22O6/c1-20(2,3)17(21)10-25-18(22)11-24-12-7-8-14-13-5-4-6-15(13)19(23)26-16(14)9-12/h7-9H,4-6,10-11H2,1-3H3. The summed E-state index contributed by atoms with van der Waals surface area (Å²) in [6.45, 7) is 4.69. The Bertz CT molecular complexity index is 916. The van der Waals surface area contributed by atoms with Gasteiger partial charge in [-0.05, 0) is 37.0 Å². The van der Waals surface area contributed by atoms with Crippen LogP contribution in [-0.2, 0) is 27.2 Å². The lowest BCUT2D eigenvalue weighted by Crippen LogP contribution is -2.27. The number of fused-ring (bicyclic) bond motifs is 3. The molecule has 1 aromatic carbocycles. The molecule has 1 aliphatic rings. The lowest BCUT2D eigenvalue weighted by molar-refractivity contribution is -0.151. The molecule has 1 aromatic heterocycles. The third kappa shape index (κ3) is 3.79. The van der Waals surface area contributed by atoms with Crippen molar-refractivity contribution in [3.8, 4) is 5.75 Å². The Morgan fingerprint density at radius 2 is 1.85 bits per heavy atom. The molecule has 0 radical (unpaired) electrons. The molecule has 0 saturated heterocycles. The molecule has 1 aliphatic carbocycles. The van der Waals surface area contributed by atoms with Crippen molar-refractivity contribution in [2.75, 3.05) is 13.2 Å². The molecule has 0 unspecified atom stereocenters. The van der Waals surface area contributed by atoms with Crippen molar-refractivity contribution >= 4 is 22.7 Å². The molecule has 0 amide bonds. The highest BCUT2D eigenvalue weighted by Gasteiger charge is 2.23. The van der Waals surface area contributed by atoms with Gasteiger partial charge in [-0.2, -0.15) is 0 Å². The van der Waals surface area contributed by atoms with Crippen molar-refractivity contribution in [3.63, 3.8) is 0 Å². The number of ether oxygens (including phenoxy) is 2. The highest BCUT2D eigenvalue weighted by Crippen LogP contribution is 2.29. The van der Waals surface area contributed by atoms with Crippen molar-refractivity contribution in [1.29, 1.82) is 0 Å². The van der Waals surface area contributed by atoms with Gasteiger partial charge >= 0.3 is 11.6 Å². The van der Waals surface area contributed by atoms with Gasteiger partial charge in [0.2, 0.25) is 0 Å². The minimum Gasteiger partial charge on any atom is -0.482 e. The number of aryl methyl sites for hydroxylation is 1. The Morgan fingerprint density at radius 3 is 2.58 bits per heavy atom. The van der Waals surface area contributed by atoms with E-state index in [0.717, 1.165) is 35.8 Å². The van der Waals surface area contributed by atoms with E-state index in [0.29, 0.717) is 11.3 Å². The minimum absolute atomic E-state index is 0.160. The highest BCUT2D eigenvalue weighted by molar-refractivity contribution is 5.87. The highest BCUT2D eigenvalue weighted by atomic mass is 16.6. The van der Waals surface area contributed by atoms with Crippen molar-refractivity contribution in [2.24, 2.45) is 5.41 Å². The van der Waals surface area contributed by atoms with Crippen LogP contribution in [-0.4, -0.2) is 25.0 Å². The predicted octanol–water partition coefficient (Wildman–Crippen LogP) is 2.82. The summed E-state index contributed by atoms with van der Waals surface area (Å²) >= 11 is 0. The SMILES string of the molecule is CC(C)(C)C(=O)COC(=O)COc1ccc2c3c(c(=O)oc2c1)CCC3. The van der Waals surface area contributed by atoms with Crippen molar-refractivity contribution in [2.45, 2.75) is 40.0 Å². The zero-order valence-electron chi connectivity index (χ0n) is 15.2. The van der Waals surface area contributed by atoms with Gasteiger partial charge in [-0.25, -0.2) is 9.59 Å². The molecular weight excluding hydrogens is 336 g/mol. The second-order valence-electron chi connectivity index (χ2n) is 7.48. The van der Waals surface area contributed by atoms with Crippen LogP contribution in [0.2, 0.25) is 0 Å². The van der Waals surface area contributed by atoms with Gasteiger partial charge in [0.15, 0.2) is 19.0 Å². The van der Waals surface area contributed by atoms with E-state index in [4.69, 9.17) is 13.9 Å². The number of ketones is 1. The summed E-state index contributed by atoms with van der Waals surface area (Å²) < 4.78 is 15.7. The van der Waals surface area contributed by atoms with Crippen molar-refractivity contribution < 1.29 is 23.5 Å². The first kappa shape index (κ1) is 18.2. The summed E-state index contributed by atoms with van der Waals surface area (Å²) in [5, 5.41) is 0.905. The van der Waals surface area contributed by atoms with Crippen LogP contribution in [0.15, 0.2) is 27.4 Å². The maximum Gasteiger partial charge on any atom is 0.344 e. The molecule has 0 fully saturated rings. The number of hydrogen-bond donors (Lipinski definition) is 0. The summed E-state index contributed by atoms with van der Waals surface area (Å²) in [7, 11) is 0. The Morgan fingerprint density at radius 1 is 1.12 bits per heavy atom. The molecule has 0 atom stereocenters. The molecule has 0 saturated carbocycles. The van der Waals surface area contributed by atoms with Gasteiger partial charge in [0.1, 0.15) is 11.3 Å². The third-order valence-corrected chi connectivity index (χ3v) is 4.50. The Labute approximate surface area is 151 Å². The largest absolute Gasteiger partial charge is 0.482 e. The minimum atomic E-state index is -0.627. The summed E-state index contributed by atoms with van der Waals surface area (Å²) in [6, 6.07) is 5.17. The van der Waals surface area contributed by atoms with Gasteiger partial charge < -0.3 is 13.9 Å². The summed E-state index contributed by atoms with van der Waals surface area (Å²) in [4.78, 5) is 35.5. The van der Waals surface area contributed by atoms with Crippen molar-refractivity contribution in [1.82, 2.24) is 0 Å². The van der Waals surface area contributed by atoms with Gasteiger partial charge in [0, 0.05) is 22.4 Å². The fraction of sp³-hybridized carbons (Fsp3) is 0.450. The molecule has 0 bridgehead atoms. The van der Waals surface area contributed by atoms with E-state index in [1.165, 1.54) is 0 Å². The van der Waals surface area contributed by atoms with Crippen LogP contribution in [0.25, 0.3) is 11.0 Å². The number of rotatable bonds is 5. The Kier molecular flexibility index (Phi) is 4.85. The zero-order valence-corrected chi connectivity index (χ0v) is 15.2. The van der Waals surface area contributed by atoms with E-state index in [2.05, 4.69) is 0 Å². The van der Waals surface area contributed by atoms with E-state index in [1.54, 1.807) is 32.9 Å². The van der Waals surface area contributed by atoms with Gasteiger partial charge in [-0.1, -0.05) is 20.8 Å². The van der Waals surface area contributed by atoms with E-state index in [1.807, 2.05) is 6.07 Å². The molecule has 0 aliphatic heterocycles. The molecule has 6 heteroatoms. The summed E-state index contributed by atoms with van der Waals surface area (Å²) in [5.41, 5.74) is 1.39. The smallest absolute Gasteiger partial charge is 0.344 e. The molecule has 3 rings (SSSR count). The molecular formula is C20H22O6. The van der Waals surface area contributed by atoms with E-state index in [9.17, 15) is 14.4 Å². The van der Waals surface area contributed by atoms with Crippen LogP contribution < -0.4 is 10.4 Å². The summed E-state index contributed by atoms with van der Waals surface area (Å²) in [6.07, 6.45) is 2.58. The average molecular weight is 358 g/mol. The molecule has 0 N–H and O–H groups in total. The van der Waals surface area contributed by atoms with Gasteiger partial charge in [0.05, 0.1) is 0 Å². The van der Waals surface area contributed by atoms with Crippen LogP contribution >= 0.6 is 0 Å². The zero-order chi connectivity index (χ0) is 18.9. The van der Waals surface area contributed by atoms with E-state index < -0.39 is 11.4 Å². The van der Waals surface area contributed by atoms with Crippen LogP contribution in [0.3, 0.4) is 0 Å². The van der Waals surface area contributed by atoms with Crippen LogP contribution in [0.4, 0.5) is 0 Å². The maximum atomic E-state index is 12.0. The number of benzene rings is 1. The van der Waals surface area contributed by atoms with Crippen LogP contribution in [0.1, 0.15) is 38.3 Å². The van der Waals surface area contributed by atoms with Gasteiger partial charge in [-0.3, -0.25) is 4.79 Å². The first-order valence-corrected chi connectivity index (χ1v) is 8.66. The topological polar surface area (TPSA) is 82.8 Å². The Hall–Kier alpha value is -2.63. The molecule has 6 nitrogen and oxygen atoms in total.